The molecular formula is C12H13N3OS. The van der Waals surface area contributed by atoms with E-state index in [1.807, 2.05) is 23.8 Å². The fraction of sp³-hybridized carbons (Fsp3) is 0.167. The molecule has 0 saturated heterocycles. The van der Waals surface area contributed by atoms with Gasteiger partial charge in [0.25, 0.3) is 0 Å². The average molecular weight is 247 g/mol. The molecule has 0 spiro atoms. The van der Waals surface area contributed by atoms with E-state index in [1.165, 1.54) is 6.08 Å². The van der Waals surface area contributed by atoms with Crippen LogP contribution in [0.3, 0.4) is 0 Å². The van der Waals surface area contributed by atoms with E-state index in [2.05, 4.69) is 15.5 Å². The first-order valence-corrected chi connectivity index (χ1v) is 6.17. The molecule has 2 rings (SSSR count). The molecule has 5 heteroatoms. The number of carbonyl (C=O) groups is 1. The van der Waals surface area contributed by atoms with Crippen molar-refractivity contribution in [2.75, 3.05) is 0 Å². The molecule has 0 aromatic carbocycles. The summed E-state index contributed by atoms with van der Waals surface area (Å²) in [6, 6.07) is 1.97. The molecule has 0 aliphatic heterocycles. The van der Waals surface area contributed by atoms with Gasteiger partial charge in [-0.2, -0.15) is 16.4 Å². The highest BCUT2D eigenvalue weighted by Gasteiger charge is 2.01. The highest BCUT2D eigenvalue weighted by atomic mass is 32.1. The monoisotopic (exact) mass is 247 g/mol. The molecule has 0 radical (unpaired) electrons. The van der Waals surface area contributed by atoms with Crippen molar-refractivity contribution in [3.8, 4) is 0 Å². The van der Waals surface area contributed by atoms with E-state index in [0.717, 1.165) is 16.8 Å². The van der Waals surface area contributed by atoms with Gasteiger partial charge in [0.15, 0.2) is 0 Å². The van der Waals surface area contributed by atoms with Crippen molar-refractivity contribution in [1.29, 1.82) is 0 Å². The van der Waals surface area contributed by atoms with Crippen molar-refractivity contribution in [3.05, 3.63) is 45.9 Å². The summed E-state index contributed by atoms with van der Waals surface area (Å²) in [5, 5.41) is 13.5. The minimum absolute atomic E-state index is 0.100. The van der Waals surface area contributed by atoms with Gasteiger partial charge in [0.1, 0.15) is 0 Å². The van der Waals surface area contributed by atoms with Gasteiger partial charge in [0, 0.05) is 23.9 Å². The Morgan fingerprint density at radius 3 is 3.18 bits per heavy atom. The SMILES string of the molecule is Cc1[nH]ncc1CNC(=O)/C=C\c1ccsc1. The van der Waals surface area contributed by atoms with Crippen molar-refractivity contribution in [2.45, 2.75) is 13.5 Å². The lowest BCUT2D eigenvalue weighted by Crippen LogP contribution is -2.20. The minimum Gasteiger partial charge on any atom is -0.348 e. The zero-order chi connectivity index (χ0) is 12.1. The van der Waals surface area contributed by atoms with Gasteiger partial charge in [-0.05, 0) is 35.4 Å². The second-order valence-corrected chi connectivity index (χ2v) is 4.41. The number of H-pyrrole nitrogens is 1. The van der Waals surface area contributed by atoms with E-state index >= 15 is 0 Å². The molecule has 0 unspecified atom stereocenters. The minimum atomic E-state index is -0.100. The van der Waals surface area contributed by atoms with Crippen LogP contribution in [-0.2, 0) is 11.3 Å². The largest absolute Gasteiger partial charge is 0.348 e. The number of hydrogen-bond acceptors (Lipinski definition) is 3. The maximum absolute atomic E-state index is 11.5. The fourth-order valence-electron chi connectivity index (χ4n) is 1.34. The Kier molecular flexibility index (Phi) is 3.72. The van der Waals surface area contributed by atoms with Crippen molar-refractivity contribution >= 4 is 23.3 Å². The molecule has 88 valence electrons. The summed E-state index contributed by atoms with van der Waals surface area (Å²) in [4.78, 5) is 11.5. The second kappa shape index (κ2) is 5.45. The summed E-state index contributed by atoms with van der Waals surface area (Å²) in [6.45, 7) is 2.42. The molecule has 2 heterocycles. The Morgan fingerprint density at radius 1 is 1.65 bits per heavy atom. The van der Waals surface area contributed by atoms with E-state index in [4.69, 9.17) is 0 Å². The number of thiophene rings is 1. The summed E-state index contributed by atoms with van der Waals surface area (Å²) < 4.78 is 0. The number of hydrogen-bond donors (Lipinski definition) is 2. The zero-order valence-corrected chi connectivity index (χ0v) is 10.3. The molecule has 0 aliphatic carbocycles. The Bertz CT molecular complexity index is 514. The smallest absolute Gasteiger partial charge is 0.244 e. The van der Waals surface area contributed by atoms with E-state index in [1.54, 1.807) is 23.6 Å². The summed E-state index contributed by atoms with van der Waals surface area (Å²) in [7, 11) is 0. The van der Waals surface area contributed by atoms with Crippen molar-refractivity contribution in [3.63, 3.8) is 0 Å². The van der Waals surface area contributed by atoms with Gasteiger partial charge >= 0.3 is 0 Å². The fourth-order valence-corrected chi connectivity index (χ4v) is 1.97. The molecule has 0 bridgehead atoms. The Balaban J connectivity index is 1.84. The molecule has 4 nitrogen and oxygen atoms in total. The second-order valence-electron chi connectivity index (χ2n) is 3.63. The van der Waals surface area contributed by atoms with Crippen LogP contribution >= 0.6 is 11.3 Å². The van der Waals surface area contributed by atoms with E-state index in [0.29, 0.717) is 6.54 Å². The van der Waals surface area contributed by atoms with Crippen LogP contribution in [0.15, 0.2) is 29.1 Å². The average Bonchev–Trinajstić information content (AvgIpc) is 2.95. The topological polar surface area (TPSA) is 57.8 Å². The predicted molar refractivity (Wildman–Crippen MR) is 68.5 cm³/mol. The van der Waals surface area contributed by atoms with Gasteiger partial charge in [-0.3, -0.25) is 9.89 Å². The van der Waals surface area contributed by atoms with Gasteiger partial charge in [-0.15, -0.1) is 0 Å². The summed E-state index contributed by atoms with van der Waals surface area (Å²) in [6.07, 6.45) is 5.06. The third kappa shape index (κ3) is 3.29. The Labute approximate surface area is 103 Å². The molecule has 0 atom stereocenters. The quantitative estimate of drug-likeness (QED) is 0.813. The highest BCUT2D eigenvalue weighted by molar-refractivity contribution is 7.08. The summed E-state index contributed by atoms with van der Waals surface area (Å²) in [5.41, 5.74) is 3.03. The first-order chi connectivity index (χ1) is 8.25. The van der Waals surface area contributed by atoms with Crippen LogP contribution in [0.25, 0.3) is 6.08 Å². The number of aromatic nitrogens is 2. The van der Waals surface area contributed by atoms with Crippen molar-refractivity contribution in [2.24, 2.45) is 0 Å². The standard InChI is InChI=1S/C12H13N3OS/c1-9-11(7-14-15-9)6-13-12(16)3-2-10-4-5-17-8-10/h2-5,7-8H,6H2,1H3,(H,13,16)(H,14,15)/b3-2-. The maximum atomic E-state index is 11.5. The van der Waals surface area contributed by atoms with Crippen LogP contribution in [0.2, 0.25) is 0 Å². The van der Waals surface area contributed by atoms with Gasteiger partial charge < -0.3 is 5.32 Å². The van der Waals surface area contributed by atoms with E-state index in [9.17, 15) is 4.79 Å². The summed E-state index contributed by atoms with van der Waals surface area (Å²) >= 11 is 1.61. The highest BCUT2D eigenvalue weighted by Crippen LogP contribution is 2.07. The molecule has 0 aliphatic rings. The Morgan fingerprint density at radius 2 is 2.53 bits per heavy atom. The molecule has 2 N–H and O–H groups in total. The number of rotatable bonds is 4. The van der Waals surface area contributed by atoms with E-state index in [-0.39, 0.29) is 5.91 Å². The number of amides is 1. The van der Waals surface area contributed by atoms with Crippen molar-refractivity contribution in [1.82, 2.24) is 15.5 Å². The lowest BCUT2D eigenvalue weighted by Gasteiger charge is -2.00. The lowest BCUT2D eigenvalue weighted by atomic mass is 10.2. The van der Waals surface area contributed by atoms with Gasteiger partial charge in [0.05, 0.1) is 6.20 Å². The molecule has 2 aromatic rings. The predicted octanol–water partition coefficient (Wildman–Crippen LogP) is 2.11. The number of aromatic amines is 1. The molecule has 0 fully saturated rings. The van der Waals surface area contributed by atoms with Crippen molar-refractivity contribution < 1.29 is 4.79 Å². The third-order valence-corrected chi connectivity index (χ3v) is 3.06. The molecule has 2 aromatic heterocycles. The normalized spacial score (nSPS) is 10.9. The van der Waals surface area contributed by atoms with Crippen LogP contribution in [0.4, 0.5) is 0 Å². The van der Waals surface area contributed by atoms with Crippen LogP contribution in [-0.4, -0.2) is 16.1 Å². The van der Waals surface area contributed by atoms with Crippen LogP contribution in [0.1, 0.15) is 16.8 Å². The van der Waals surface area contributed by atoms with E-state index < -0.39 is 0 Å². The first-order valence-electron chi connectivity index (χ1n) is 5.22. The van der Waals surface area contributed by atoms with Crippen LogP contribution in [0, 0.1) is 6.92 Å². The van der Waals surface area contributed by atoms with Crippen LogP contribution < -0.4 is 5.32 Å². The van der Waals surface area contributed by atoms with Gasteiger partial charge in [-0.1, -0.05) is 0 Å². The molecule has 17 heavy (non-hydrogen) atoms. The number of nitrogens with zero attached hydrogens (tertiary/aromatic N) is 1. The first kappa shape index (κ1) is 11.6. The Hall–Kier alpha value is -1.88. The third-order valence-electron chi connectivity index (χ3n) is 2.36. The zero-order valence-electron chi connectivity index (χ0n) is 9.43. The summed E-state index contributed by atoms with van der Waals surface area (Å²) in [5.74, 6) is -0.100. The molecule has 0 saturated carbocycles. The lowest BCUT2D eigenvalue weighted by molar-refractivity contribution is -0.116. The number of nitrogens with one attached hydrogen (secondary N) is 2. The van der Waals surface area contributed by atoms with Gasteiger partial charge in [0.2, 0.25) is 5.91 Å². The number of aryl methyl sites for hydroxylation is 1. The maximum Gasteiger partial charge on any atom is 0.244 e. The van der Waals surface area contributed by atoms with Crippen LogP contribution in [0.5, 0.6) is 0 Å². The van der Waals surface area contributed by atoms with Gasteiger partial charge in [-0.25, -0.2) is 0 Å². The number of carbonyl (C=O) groups excluding carboxylic acids is 1. The molecule has 1 amide bonds. The molecular weight excluding hydrogens is 234 g/mol.